The first-order valence-electron chi connectivity index (χ1n) is 8.24. The van der Waals surface area contributed by atoms with Gasteiger partial charge in [0.1, 0.15) is 0 Å². The maximum absolute atomic E-state index is 11.8. The summed E-state index contributed by atoms with van der Waals surface area (Å²) in [5, 5.41) is 4.79. The number of carbonyl (C=O) groups is 3. The largest absolute Gasteiger partial charge is 0.353 e. The van der Waals surface area contributed by atoms with E-state index >= 15 is 0 Å². The van der Waals surface area contributed by atoms with E-state index in [0.717, 1.165) is 70.2 Å². The summed E-state index contributed by atoms with van der Waals surface area (Å²) in [4.78, 5) is 45.5. The van der Waals surface area contributed by atoms with E-state index in [1.54, 1.807) is 0 Å². The molecule has 0 saturated carbocycles. The average molecular weight is 323 g/mol. The molecule has 0 bridgehead atoms. The molecule has 1 aliphatic heterocycles. The smallest absolute Gasteiger partial charge is 0.309 e. The van der Waals surface area contributed by atoms with E-state index in [1.165, 1.54) is 0 Å². The number of carbonyl (C=O) groups excluding carboxylic acids is 3. The third-order valence-corrected chi connectivity index (χ3v) is 3.79. The van der Waals surface area contributed by atoms with Crippen LogP contribution in [0, 0.1) is 4.91 Å². The number of nitrogens with zero attached hydrogens (tertiary/aromatic N) is 2. The van der Waals surface area contributed by atoms with Gasteiger partial charge in [0.15, 0.2) is 0 Å². The molecule has 0 aromatic carbocycles. The van der Waals surface area contributed by atoms with Gasteiger partial charge in [-0.3, -0.25) is 14.4 Å². The van der Waals surface area contributed by atoms with Crippen molar-refractivity contribution in [3.05, 3.63) is 17.1 Å². The van der Waals surface area contributed by atoms with E-state index in [-0.39, 0.29) is 5.91 Å². The van der Waals surface area contributed by atoms with E-state index < -0.39 is 11.8 Å². The van der Waals surface area contributed by atoms with Crippen LogP contribution in [0.25, 0.3) is 0 Å². The molecule has 0 aliphatic carbocycles. The zero-order chi connectivity index (χ0) is 16.9. The van der Waals surface area contributed by atoms with Gasteiger partial charge in [-0.2, -0.15) is 0 Å². The van der Waals surface area contributed by atoms with Gasteiger partial charge in [0, 0.05) is 43.4 Å². The van der Waals surface area contributed by atoms with Crippen molar-refractivity contribution in [1.82, 2.24) is 10.2 Å². The molecule has 0 aromatic heterocycles. The highest BCUT2D eigenvalue weighted by Gasteiger charge is 2.15. The van der Waals surface area contributed by atoms with Crippen molar-refractivity contribution in [2.75, 3.05) is 19.6 Å². The Bertz CT molecular complexity index is 449. The number of hydrogen-bond donors (Lipinski definition) is 1. The van der Waals surface area contributed by atoms with Gasteiger partial charge in [-0.15, -0.1) is 4.91 Å². The molecule has 1 heterocycles. The molecule has 0 atom stereocenters. The zero-order valence-electron chi connectivity index (χ0n) is 13.5. The summed E-state index contributed by atoms with van der Waals surface area (Å²) in [7, 11) is 0. The molecular weight excluding hydrogens is 298 g/mol. The summed E-state index contributed by atoms with van der Waals surface area (Å²) in [5.41, 5.74) is 0. The molecule has 7 nitrogen and oxygen atoms in total. The van der Waals surface area contributed by atoms with Crippen LogP contribution in [0.15, 0.2) is 17.3 Å². The second-order valence-electron chi connectivity index (χ2n) is 5.66. The highest BCUT2D eigenvalue weighted by atomic mass is 16.3. The lowest BCUT2D eigenvalue weighted by Crippen LogP contribution is -2.31. The Balaban J connectivity index is 2.01. The van der Waals surface area contributed by atoms with Gasteiger partial charge in [-0.1, -0.05) is 19.3 Å². The number of nitroso groups, excluding NO2 is 1. The van der Waals surface area contributed by atoms with Crippen LogP contribution in [0.3, 0.4) is 0 Å². The van der Waals surface area contributed by atoms with Crippen molar-refractivity contribution in [3.63, 3.8) is 0 Å². The van der Waals surface area contributed by atoms with Gasteiger partial charge in [-0.25, -0.2) is 0 Å². The molecule has 7 heteroatoms. The highest BCUT2D eigenvalue weighted by molar-refractivity contribution is 5.96. The third kappa shape index (κ3) is 8.85. The van der Waals surface area contributed by atoms with Crippen LogP contribution in [0.2, 0.25) is 0 Å². The number of hydrogen-bond acceptors (Lipinski definition) is 4. The molecule has 0 radical (unpaired) electrons. The van der Waals surface area contributed by atoms with Crippen molar-refractivity contribution < 1.29 is 14.4 Å². The third-order valence-electron chi connectivity index (χ3n) is 3.79. The molecule has 1 aliphatic rings. The van der Waals surface area contributed by atoms with Gasteiger partial charge in [0.25, 0.3) is 0 Å². The number of unbranched alkanes of at least 4 members (excludes halogenated alkanes) is 3. The second kappa shape index (κ2) is 11.5. The van der Waals surface area contributed by atoms with E-state index in [9.17, 15) is 19.3 Å². The van der Waals surface area contributed by atoms with Crippen LogP contribution in [0.1, 0.15) is 51.4 Å². The van der Waals surface area contributed by atoms with Crippen LogP contribution < -0.4 is 5.32 Å². The number of likely N-dealkylation sites (tertiary alicyclic amines) is 1. The van der Waals surface area contributed by atoms with Gasteiger partial charge < -0.3 is 10.2 Å². The van der Waals surface area contributed by atoms with E-state index in [1.807, 2.05) is 4.90 Å². The maximum atomic E-state index is 11.8. The average Bonchev–Trinajstić information content (AvgIpc) is 2.76. The SMILES string of the molecule is O=NC(=O)C=CC(=O)NCCCCCCN1CCCCCC1=O. The molecule has 1 saturated heterocycles. The van der Waals surface area contributed by atoms with Crippen LogP contribution in [0.4, 0.5) is 0 Å². The van der Waals surface area contributed by atoms with Crippen LogP contribution in [0.5, 0.6) is 0 Å². The minimum atomic E-state index is -0.969. The van der Waals surface area contributed by atoms with Crippen molar-refractivity contribution in [3.8, 4) is 0 Å². The van der Waals surface area contributed by atoms with Crippen LogP contribution in [-0.4, -0.2) is 42.3 Å². The summed E-state index contributed by atoms with van der Waals surface area (Å²) in [6, 6.07) is 0. The lowest BCUT2D eigenvalue weighted by Gasteiger charge is -2.20. The normalized spacial score (nSPS) is 15.5. The fourth-order valence-corrected chi connectivity index (χ4v) is 2.50. The van der Waals surface area contributed by atoms with Crippen molar-refractivity contribution in [1.29, 1.82) is 0 Å². The second-order valence-corrected chi connectivity index (χ2v) is 5.66. The van der Waals surface area contributed by atoms with E-state index in [4.69, 9.17) is 0 Å². The van der Waals surface area contributed by atoms with E-state index in [0.29, 0.717) is 13.0 Å². The molecule has 1 rings (SSSR count). The summed E-state index contributed by atoms with van der Waals surface area (Å²) >= 11 is 0. The molecule has 0 aromatic rings. The highest BCUT2D eigenvalue weighted by Crippen LogP contribution is 2.12. The number of amides is 3. The molecule has 23 heavy (non-hydrogen) atoms. The molecular formula is C16H25N3O4. The predicted octanol–water partition coefficient (Wildman–Crippen LogP) is 1.91. The minimum absolute atomic E-state index is 0.279. The molecule has 1 N–H and O–H groups in total. The first-order chi connectivity index (χ1) is 11.1. The predicted molar refractivity (Wildman–Crippen MR) is 86.5 cm³/mol. The monoisotopic (exact) mass is 323 g/mol. The Labute approximate surface area is 136 Å². The topological polar surface area (TPSA) is 95.9 Å². The molecule has 0 spiro atoms. The molecule has 1 fully saturated rings. The Morgan fingerprint density at radius 3 is 2.65 bits per heavy atom. The first-order valence-corrected chi connectivity index (χ1v) is 8.24. The van der Waals surface area contributed by atoms with Gasteiger partial charge in [0.2, 0.25) is 11.8 Å². The van der Waals surface area contributed by atoms with Crippen molar-refractivity contribution in [2.24, 2.45) is 5.18 Å². The van der Waals surface area contributed by atoms with Crippen LogP contribution >= 0.6 is 0 Å². The standard InChI is InChI=1S/C16H25N3O4/c20-14(9-10-15(21)18-23)17-11-5-1-2-6-12-19-13-7-3-4-8-16(19)22/h9-10H,1-8,11-13H2,(H,17,20). The van der Waals surface area contributed by atoms with E-state index in [2.05, 4.69) is 10.5 Å². The lowest BCUT2D eigenvalue weighted by atomic mass is 10.2. The van der Waals surface area contributed by atoms with Crippen LogP contribution in [-0.2, 0) is 14.4 Å². The Hall–Kier alpha value is -2.05. The summed E-state index contributed by atoms with van der Waals surface area (Å²) in [6.07, 6.45) is 9.61. The quantitative estimate of drug-likeness (QED) is 0.398. The number of rotatable bonds is 9. The Kier molecular flexibility index (Phi) is 9.51. The molecule has 0 unspecified atom stereocenters. The van der Waals surface area contributed by atoms with Gasteiger partial charge in [0.05, 0.1) is 0 Å². The van der Waals surface area contributed by atoms with Crippen molar-refractivity contribution in [2.45, 2.75) is 51.4 Å². The minimum Gasteiger partial charge on any atom is -0.353 e. The summed E-state index contributed by atoms with van der Waals surface area (Å²) in [5.74, 6) is -1.10. The Morgan fingerprint density at radius 2 is 1.87 bits per heavy atom. The zero-order valence-corrected chi connectivity index (χ0v) is 13.5. The Morgan fingerprint density at radius 1 is 1.09 bits per heavy atom. The summed E-state index contributed by atoms with van der Waals surface area (Å²) < 4.78 is 0. The summed E-state index contributed by atoms with van der Waals surface area (Å²) in [6.45, 7) is 2.23. The molecule has 128 valence electrons. The van der Waals surface area contributed by atoms with Crippen molar-refractivity contribution >= 4 is 17.7 Å². The number of nitrogens with one attached hydrogen (secondary N) is 1. The fraction of sp³-hybridized carbons (Fsp3) is 0.688. The van der Waals surface area contributed by atoms with Gasteiger partial charge in [-0.05, 0) is 25.7 Å². The lowest BCUT2D eigenvalue weighted by molar-refractivity contribution is -0.130. The maximum Gasteiger partial charge on any atom is 0.309 e. The fourth-order valence-electron chi connectivity index (χ4n) is 2.50. The molecule has 3 amide bonds. The first kappa shape index (κ1) is 19.0. The van der Waals surface area contributed by atoms with Gasteiger partial charge >= 0.3 is 5.91 Å².